The normalized spacial score (nSPS) is 16.1. The summed E-state index contributed by atoms with van der Waals surface area (Å²) in [6.45, 7) is 8.09. The number of halogens is 1. The molecule has 0 radical (unpaired) electrons. The van der Waals surface area contributed by atoms with Crippen molar-refractivity contribution >= 4 is 38.8 Å². The van der Waals surface area contributed by atoms with Crippen LogP contribution in [0.5, 0.6) is 11.5 Å². The number of hydrogen-bond donors (Lipinski definition) is 1. The lowest BCUT2D eigenvalue weighted by molar-refractivity contribution is 0.104. The summed E-state index contributed by atoms with van der Waals surface area (Å²) in [5.41, 5.74) is 3.27. The van der Waals surface area contributed by atoms with E-state index in [2.05, 4.69) is 11.8 Å². The Morgan fingerprint density at radius 1 is 1.14 bits per heavy atom. The molecule has 1 atom stereocenters. The van der Waals surface area contributed by atoms with Gasteiger partial charge in [-0.1, -0.05) is 36.7 Å². The predicted octanol–water partition coefficient (Wildman–Crippen LogP) is 7.19. The average molecular weight is 506 g/mol. The fourth-order valence-electron chi connectivity index (χ4n) is 4.73. The number of phenolic OH excluding ortho intramolecular Hbond substituents is 1. The number of ether oxygens (including phenoxy) is 1. The second-order valence-electron chi connectivity index (χ2n) is 9.34. The molecule has 1 saturated heterocycles. The number of carbonyl (C=O) groups excluding carboxylic acids is 1. The zero-order chi connectivity index (χ0) is 24.5. The third kappa shape index (κ3) is 5.08. The lowest BCUT2D eigenvalue weighted by atomic mass is 9.96. The first-order chi connectivity index (χ1) is 16.9. The van der Waals surface area contributed by atoms with E-state index in [1.54, 1.807) is 24.3 Å². The Kier molecular flexibility index (Phi) is 6.83. The highest BCUT2D eigenvalue weighted by molar-refractivity contribution is 7.21. The van der Waals surface area contributed by atoms with Gasteiger partial charge in [0.25, 0.3) is 0 Å². The Morgan fingerprint density at radius 2 is 1.94 bits per heavy atom. The maximum Gasteiger partial charge on any atom is 0.203 e. The topological polar surface area (TPSA) is 49.8 Å². The summed E-state index contributed by atoms with van der Waals surface area (Å²) in [6.07, 6.45) is 1.26. The van der Waals surface area contributed by atoms with Gasteiger partial charge in [0.2, 0.25) is 5.78 Å². The smallest absolute Gasteiger partial charge is 0.203 e. The third-order valence-electron chi connectivity index (χ3n) is 6.65. The highest BCUT2D eigenvalue weighted by Crippen LogP contribution is 2.42. The fraction of sp³-hybridized carbons (Fsp3) is 0.276. The first kappa shape index (κ1) is 23.9. The quantitative estimate of drug-likeness (QED) is 0.270. The monoisotopic (exact) mass is 505 g/mol. The number of benzene rings is 3. The minimum absolute atomic E-state index is 0.0687. The molecule has 4 aromatic rings. The highest BCUT2D eigenvalue weighted by Gasteiger charge is 2.23. The molecule has 6 heteroatoms. The average Bonchev–Trinajstić information content (AvgIpc) is 3.43. The summed E-state index contributed by atoms with van der Waals surface area (Å²) in [7, 11) is 0. The van der Waals surface area contributed by atoms with Crippen molar-refractivity contribution in [1.82, 2.24) is 4.90 Å². The number of fused-ring (bicyclic) bond motifs is 1. The van der Waals surface area contributed by atoms with E-state index in [1.165, 1.54) is 17.8 Å². The van der Waals surface area contributed by atoms with Crippen molar-refractivity contribution < 1.29 is 14.6 Å². The number of hydrogen-bond acceptors (Lipinski definition) is 5. The Morgan fingerprint density at radius 3 is 2.69 bits per heavy atom. The number of nitrogens with zero attached hydrogens (tertiary/aromatic N) is 1. The van der Waals surface area contributed by atoms with Crippen LogP contribution in [0.1, 0.15) is 34.1 Å². The van der Waals surface area contributed by atoms with E-state index in [1.807, 2.05) is 43.3 Å². The Hall–Kier alpha value is -2.86. The minimum Gasteiger partial charge on any atom is -0.508 e. The molecule has 3 aromatic carbocycles. The van der Waals surface area contributed by atoms with Crippen LogP contribution in [0.4, 0.5) is 0 Å². The van der Waals surface area contributed by atoms with Crippen LogP contribution in [0.25, 0.3) is 21.2 Å². The molecule has 180 valence electrons. The number of aryl methyl sites for hydroxylation is 1. The van der Waals surface area contributed by atoms with Gasteiger partial charge in [-0.2, -0.15) is 0 Å². The van der Waals surface area contributed by atoms with Gasteiger partial charge in [-0.3, -0.25) is 9.69 Å². The molecular formula is C29H28ClNO3S. The van der Waals surface area contributed by atoms with E-state index >= 15 is 0 Å². The van der Waals surface area contributed by atoms with Gasteiger partial charge in [0, 0.05) is 39.3 Å². The number of likely N-dealkylation sites (tertiary alicyclic amines) is 1. The van der Waals surface area contributed by atoms with E-state index in [0.29, 0.717) is 22.1 Å². The lowest BCUT2D eigenvalue weighted by Crippen LogP contribution is -2.25. The molecule has 1 fully saturated rings. The molecule has 0 spiro atoms. The molecule has 0 aliphatic carbocycles. The van der Waals surface area contributed by atoms with Gasteiger partial charge in [0.1, 0.15) is 18.1 Å². The van der Waals surface area contributed by atoms with Crippen LogP contribution in [-0.4, -0.2) is 42.0 Å². The number of thiophene rings is 1. The van der Waals surface area contributed by atoms with Crippen molar-refractivity contribution in [2.45, 2.75) is 20.3 Å². The van der Waals surface area contributed by atoms with Crippen LogP contribution in [0, 0.1) is 12.8 Å². The molecule has 5 rings (SSSR count). The maximum absolute atomic E-state index is 13.7. The Balaban J connectivity index is 1.45. The van der Waals surface area contributed by atoms with Crippen molar-refractivity contribution in [2.75, 3.05) is 26.2 Å². The van der Waals surface area contributed by atoms with Crippen LogP contribution in [0.2, 0.25) is 5.02 Å². The predicted molar refractivity (Wildman–Crippen MR) is 144 cm³/mol. The van der Waals surface area contributed by atoms with Crippen molar-refractivity contribution in [1.29, 1.82) is 0 Å². The van der Waals surface area contributed by atoms with E-state index in [9.17, 15) is 9.90 Å². The second kappa shape index (κ2) is 10.0. The summed E-state index contributed by atoms with van der Waals surface area (Å²) >= 11 is 7.61. The zero-order valence-corrected chi connectivity index (χ0v) is 21.5. The molecule has 35 heavy (non-hydrogen) atoms. The molecule has 1 N–H and O–H groups in total. The van der Waals surface area contributed by atoms with Gasteiger partial charge in [0.05, 0.1) is 4.88 Å². The molecule has 4 nitrogen and oxygen atoms in total. The summed E-state index contributed by atoms with van der Waals surface area (Å²) in [6, 6.07) is 18.6. The van der Waals surface area contributed by atoms with Gasteiger partial charge in [-0.25, -0.2) is 0 Å². The Bertz CT molecular complexity index is 1380. The van der Waals surface area contributed by atoms with E-state index in [0.717, 1.165) is 58.1 Å². The molecule has 1 aromatic heterocycles. The number of phenols is 1. The number of aromatic hydroxyl groups is 1. The van der Waals surface area contributed by atoms with Crippen molar-refractivity contribution in [3.63, 3.8) is 0 Å². The fourth-order valence-corrected chi connectivity index (χ4v) is 6.12. The number of rotatable bonds is 7. The first-order valence-electron chi connectivity index (χ1n) is 11.9. The molecular weight excluding hydrogens is 478 g/mol. The van der Waals surface area contributed by atoms with Crippen LogP contribution in [-0.2, 0) is 0 Å². The Labute approximate surface area is 214 Å². The number of carbonyl (C=O) groups is 1. The maximum atomic E-state index is 13.7. The van der Waals surface area contributed by atoms with E-state index in [-0.39, 0.29) is 11.5 Å². The molecule has 1 aliphatic heterocycles. The summed E-state index contributed by atoms with van der Waals surface area (Å²) in [5, 5.41) is 11.5. The molecule has 2 heterocycles. The van der Waals surface area contributed by atoms with Crippen LogP contribution in [0.15, 0.2) is 60.7 Å². The summed E-state index contributed by atoms with van der Waals surface area (Å²) in [4.78, 5) is 16.8. The molecule has 0 saturated carbocycles. The summed E-state index contributed by atoms with van der Waals surface area (Å²) < 4.78 is 6.87. The van der Waals surface area contributed by atoms with Crippen molar-refractivity contribution in [2.24, 2.45) is 5.92 Å². The van der Waals surface area contributed by atoms with Crippen molar-refractivity contribution in [3.05, 3.63) is 81.7 Å². The molecule has 1 aliphatic rings. The van der Waals surface area contributed by atoms with Gasteiger partial charge < -0.3 is 9.84 Å². The zero-order valence-electron chi connectivity index (χ0n) is 19.9. The van der Waals surface area contributed by atoms with Crippen LogP contribution in [0.3, 0.4) is 0 Å². The molecule has 0 bridgehead atoms. The van der Waals surface area contributed by atoms with Gasteiger partial charge in [-0.15, -0.1) is 11.3 Å². The number of ketones is 1. The van der Waals surface area contributed by atoms with Crippen molar-refractivity contribution in [3.8, 4) is 22.6 Å². The van der Waals surface area contributed by atoms with Gasteiger partial charge in [0.15, 0.2) is 0 Å². The minimum atomic E-state index is -0.0687. The highest BCUT2D eigenvalue weighted by atomic mass is 35.5. The van der Waals surface area contributed by atoms with Gasteiger partial charge in [-0.05, 0) is 79.4 Å². The largest absolute Gasteiger partial charge is 0.508 e. The third-order valence-corrected chi connectivity index (χ3v) is 8.04. The van der Waals surface area contributed by atoms with Crippen LogP contribution >= 0.6 is 22.9 Å². The van der Waals surface area contributed by atoms with E-state index in [4.69, 9.17) is 16.3 Å². The molecule has 0 unspecified atom stereocenters. The second-order valence-corrected chi connectivity index (χ2v) is 10.8. The van der Waals surface area contributed by atoms with Crippen LogP contribution < -0.4 is 4.74 Å². The van der Waals surface area contributed by atoms with E-state index < -0.39 is 0 Å². The first-order valence-corrected chi connectivity index (χ1v) is 13.1. The molecule has 0 amide bonds. The SMILES string of the molecule is Cc1ccc(Cl)cc1C(=O)c1sc2cc(O)ccc2c1-c1ccc(OCCN2CC[C@@H](C)C2)cc1. The lowest BCUT2D eigenvalue weighted by Gasteiger charge is -2.15. The summed E-state index contributed by atoms with van der Waals surface area (Å²) in [5.74, 6) is 1.70. The standard InChI is InChI=1S/C29H28ClNO3S/c1-18-11-12-31(17-18)13-14-34-23-8-4-20(5-9-23)27-24-10-7-22(32)16-26(24)35-29(27)28(33)25-15-21(30)6-3-19(25)2/h3-10,15-16,18,32H,11-14,17H2,1-2H3/t18-/m1/s1. The van der Waals surface area contributed by atoms with Gasteiger partial charge >= 0.3 is 0 Å².